The van der Waals surface area contributed by atoms with Crippen molar-refractivity contribution in [2.45, 2.75) is 77.8 Å². The summed E-state index contributed by atoms with van der Waals surface area (Å²) in [6.45, 7) is 6.93. The van der Waals surface area contributed by atoms with Crippen LogP contribution in [0.2, 0.25) is 0 Å². The monoisotopic (exact) mass is 590 g/mol. The number of nitrogens with one attached hydrogen (secondary N) is 2. The van der Waals surface area contributed by atoms with Gasteiger partial charge in [0, 0.05) is 11.6 Å². The summed E-state index contributed by atoms with van der Waals surface area (Å²) in [7, 11) is 4.73. The number of aromatic amines is 1. The van der Waals surface area contributed by atoms with Crippen LogP contribution in [0.4, 0.5) is 5.95 Å². The number of hydrogen-bond donors (Lipinski definition) is 2. The maximum absolute atomic E-state index is 14.3. The molecule has 1 saturated carbocycles. The average Bonchev–Trinajstić information content (AvgIpc) is 3.66. The van der Waals surface area contributed by atoms with Gasteiger partial charge in [-0.3, -0.25) is 14.9 Å². The smallest absolute Gasteiger partial charge is 0.270 e. The van der Waals surface area contributed by atoms with Crippen LogP contribution in [-0.4, -0.2) is 64.7 Å². The number of amides is 2. The Balaban J connectivity index is 1.43. The number of ether oxygens (including phenoxy) is 3. The molecule has 2 aromatic carbocycles. The van der Waals surface area contributed by atoms with Crippen molar-refractivity contribution < 1.29 is 23.8 Å². The molecule has 2 amide bonds. The Morgan fingerprint density at radius 2 is 1.67 bits per heavy atom. The SMILES string of the molecule is COc1cc(CC(=O)N(C2CCC(C(C)(C)C)CC2)C2CCc3cc(C(=O)Nc4nn[nH]n4)ccc32)cc(OC)c1OC. The minimum atomic E-state index is -0.302. The number of carbonyl (C=O) groups is 2. The highest BCUT2D eigenvalue weighted by Gasteiger charge is 2.39. The molecule has 5 rings (SSSR count). The summed E-state index contributed by atoms with van der Waals surface area (Å²) in [5, 5.41) is 16.1. The van der Waals surface area contributed by atoms with Gasteiger partial charge in [0.05, 0.1) is 33.8 Å². The van der Waals surface area contributed by atoms with Crippen LogP contribution in [0.3, 0.4) is 0 Å². The number of tetrazole rings is 1. The zero-order valence-electron chi connectivity index (χ0n) is 25.9. The molecule has 0 spiro atoms. The number of hydrogen-bond acceptors (Lipinski definition) is 8. The summed E-state index contributed by atoms with van der Waals surface area (Å²) in [4.78, 5) is 29.3. The topological polar surface area (TPSA) is 132 Å². The van der Waals surface area contributed by atoms with Gasteiger partial charge >= 0.3 is 0 Å². The summed E-state index contributed by atoms with van der Waals surface area (Å²) >= 11 is 0. The molecule has 3 aromatic rings. The lowest BCUT2D eigenvalue weighted by molar-refractivity contribution is -0.137. The molecule has 0 saturated heterocycles. The highest BCUT2D eigenvalue weighted by atomic mass is 16.5. The number of anilines is 1. The van der Waals surface area contributed by atoms with Crippen molar-refractivity contribution in [3.05, 3.63) is 52.6 Å². The van der Waals surface area contributed by atoms with E-state index >= 15 is 0 Å². The lowest BCUT2D eigenvalue weighted by atomic mass is 9.71. The maximum Gasteiger partial charge on any atom is 0.270 e. The minimum Gasteiger partial charge on any atom is -0.493 e. The van der Waals surface area contributed by atoms with Gasteiger partial charge in [-0.1, -0.05) is 31.9 Å². The summed E-state index contributed by atoms with van der Waals surface area (Å²) < 4.78 is 16.6. The minimum absolute atomic E-state index is 0.0601. The Morgan fingerprint density at radius 1 is 0.977 bits per heavy atom. The van der Waals surface area contributed by atoms with E-state index in [4.69, 9.17) is 14.2 Å². The maximum atomic E-state index is 14.3. The molecule has 0 bridgehead atoms. The molecule has 43 heavy (non-hydrogen) atoms. The lowest BCUT2D eigenvalue weighted by Gasteiger charge is -2.43. The second-order valence-electron chi connectivity index (χ2n) is 12.5. The first-order valence-electron chi connectivity index (χ1n) is 14.9. The fraction of sp³-hybridized carbons (Fsp3) is 0.531. The fourth-order valence-electron chi connectivity index (χ4n) is 6.77. The first-order valence-corrected chi connectivity index (χ1v) is 14.9. The van der Waals surface area contributed by atoms with Gasteiger partial charge in [0.1, 0.15) is 0 Å². The second-order valence-corrected chi connectivity index (χ2v) is 12.5. The first-order chi connectivity index (χ1) is 20.6. The molecular weight excluding hydrogens is 548 g/mol. The number of carbonyl (C=O) groups excluding carboxylic acids is 2. The molecule has 1 fully saturated rings. The molecule has 0 radical (unpaired) electrons. The number of aromatic nitrogens is 4. The van der Waals surface area contributed by atoms with Gasteiger partial charge < -0.3 is 19.1 Å². The van der Waals surface area contributed by atoms with Crippen molar-refractivity contribution in [2.24, 2.45) is 11.3 Å². The van der Waals surface area contributed by atoms with Gasteiger partial charge in [-0.25, -0.2) is 0 Å². The standard InChI is InChI=1S/C32H42N6O5/c1-32(2,3)22-9-11-23(12-10-22)38(28(39)17-19-15-26(41-4)29(43-6)27(16-19)42-5)25-14-8-20-18-21(7-13-24(20)25)30(40)33-31-34-36-37-35-31/h7,13,15-16,18,22-23,25H,8-12,14,17H2,1-6H3,(H2,33,34,35,36,37,40). The number of methoxy groups -OCH3 is 3. The highest BCUT2D eigenvalue weighted by Crippen LogP contribution is 2.44. The van der Waals surface area contributed by atoms with Gasteiger partial charge in [-0.2, -0.15) is 5.21 Å². The third-order valence-corrected chi connectivity index (χ3v) is 9.04. The molecule has 2 aliphatic rings. The number of nitrogens with zero attached hydrogens (tertiary/aromatic N) is 4. The van der Waals surface area contributed by atoms with E-state index in [-0.39, 0.29) is 41.7 Å². The van der Waals surface area contributed by atoms with E-state index in [0.717, 1.165) is 55.2 Å². The van der Waals surface area contributed by atoms with Gasteiger partial charge in [0.2, 0.25) is 11.7 Å². The van der Waals surface area contributed by atoms with Crippen LogP contribution in [0.15, 0.2) is 30.3 Å². The number of H-pyrrole nitrogens is 1. The van der Waals surface area contributed by atoms with Crippen molar-refractivity contribution in [2.75, 3.05) is 26.6 Å². The number of benzene rings is 2. The van der Waals surface area contributed by atoms with Crippen LogP contribution in [0.5, 0.6) is 17.2 Å². The first kappa shape index (κ1) is 30.3. The Labute approximate surface area is 252 Å². The zero-order valence-corrected chi connectivity index (χ0v) is 25.9. The Hall–Kier alpha value is -4.15. The predicted molar refractivity (Wildman–Crippen MR) is 161 cm³/mol. The van der Waals surface area contributed by atoms with Crippen LogP contribution in [0.1, 0.15) is 86.0 Å². The van der Waals surface area contributed by atoms with Crippen LogP contribution in [0.25, 0.3) is 0 Å². The normalized spacial score (nSPS) is 19.8. The van der Waals surface area contributed by atoms with Crippen LogP contribution in [-0.2, 0) is 17.6 Å². The number of fused-ring (bicyclic) bond motifs is 1. The lowest BCUT2D eigenvalue weighted by Crippen LogP contribution is -2.45. The van der Waals surface area contributed by atoms with E-state index in [1.807, 2.05) is 30.3 Å². The number of aryl methyl sites for hydroxylation is 1. The van der Waals surface area contributed by atoms with E-state index in [1.165, 1.54) is 0 Å². The van der Waals surface area contributed by atoms with Crippen molar-refractivity contribution in [3.8, 4) is 17.2 Å². The van der Waals surface area contributed by atoms with Crippen molar-refractivity contribution >= 4 is 17.8 Å². The molecule has 1 aromatic heterocycles. The van der Waals surface area contributed by atoms with E-state index in [0.29, 0.717) is 28.7 Å². The molecule has 230 valence electrons. The highest BCUT2D eigenvalue weighted by molar-refractivity contribution is 6.03. The number of rotatable bonds is 9. The zero-order chi connectivity index (χ0) is 30.7. The molecule has 0 aliphatic heterocycles. The fourth-order valence-corrected chi connectivity index (χ4v) is 6.77. The Morgan fingerprint density at radius 3 is 2.26 bits per heavy atom. The van der Waals surface area contributed by atoms with Gasteiger partial charge in [0.25, 0.3) is 11.9 Å². The summed E-state index contributed by atoms with van der Waals surface area (Å²) in [6.07, 6.45) is 5.95. The van der Waals surface area contributed by atoms with Gasteiger partial charge in [0.15, 0.2) is 11.5 Å². The van der Waals surface area contributed by atoms with Crippen molar-refractivity contribution in [3.63, 3.8) is 0 Å². The summed E-state index contributed by atoms with van der Waals surface area (Å²) in [6, 6.07) is 9.52. The van der Waals surface area contributed by atoms with Crippen LogP contribution < -0.4 is 19.5 Å². The molecule has 1 unspecified atom stereocenters. The third-order valence-electron chi connectivity index (χ3n) is 9.04. The molecule has 2 N–H and O–H groups in total. The molecule has 1 heterocycles. The van der Waals surface area contributed by atoms with E-state index in [2.05, 4.69) is 51.6 Å². The summed E-state index contributed by atoms with van der Waals surface area (Å²) in [5.74, 6) is 2.08. The van der Waals surface area contributed by atoms with Crippen LogP contribution >= 0.6 is 0 Å². The Bertz CT molecular complexity index is 1420. The molecule has 11 heteroatoms. The largest absolute Gasteiger partial charge is 0.493 e. The molecule has 1 atom stereocenters. The molecule has 11 nitrogen and oxygen atoms in total. The molecular formula is C32H42N6O5. The quantitative estimate of drug-likeness (QED) is 0.350. The summed E-state index contributed by atoms with van der Waals surface area (Å²) in [5.41, 5.74) is 3.76. The van der Waals surface area contributed by atoms with E-state index in [9.17, 15) is 9.59 Å². The second kappa shape index (κ2) is 12.6. The van der Waals surface area contributed by atoms with E-state index < -0.39 is 0 Å². The average molecular weight is 591 g/mol. The third kappa shape index (κ3) is 6.45. The van der Waals surface area contributed by atoms with Crippen molar-refractivity contribution in [1.29, 1.82) is 0 Å². The van der Waals surface area contributed by atoms with Gasteiger partial charge in [-0.15, -0.1) is 5.10 Å². The predicted octanol–water partition coefficient (Wildman–Crippen LogP) is 5.14. The Kier molecular flexibility index (Phi) is 8.89. The molecule has 2 aliphatic carbocycles. The van der Waals surface area contributed by atoms with Gasteiger partial charge in [-0.05, 0) is 96.0 Å². The van der Waals surface area contributed by atoms with E-state index in [1.54, 1.807) is 21.3 Å². The van der Waals surface area contributed by atoms with Crippen molar-refractivity contribution in [1.82, 2.24) is 25.5 Å². The van der Waals surface area contributed by atoms with Crippen LogP contribution in [0, 0.1) is 11.3 Å².